The van der Waals surface area contributed by atoms with Crippen molar-refractivity contribution in [2.75, 3.05) is 33.5 Å². The predicted octanol–water partition coefficient (Wildman–Crippen LogP) is 2.36. The highest BCUT2D eigenvalue weighted by molar-refractivity contribution is 9.10. The van der Waals surface area contributed by atoms with Crippen molar-refractivity contribution in [2.45, 2.75) is 0 Å². The Morgan fingerprint density at radius 3 is 2.65 bits per heavy atom. The number of halogens is 1. The molecule has 0 saturated heterocycles. The smallest absolute Gasteiger partial charge is 0.120 e. The Labute approximate surface area is 109 Å². The molecule has 4 nitrogen and oxygen atoms in total. The van der Waals surface area contributed by atoms with Gasteiger partial charge in [0.2, 0.25) is 0 Å². The summed E-state index contributed by atoms with van der Waals surface area (Å²) >= 11 is 3.30. The van der Waals surface area contributed by atoms with Crippen molar-refractivity contribution in [3.8, 4) is 11.8 Å². The lowest BCUT2D eigenvalue weighted by Crippen LogP contribution is -2.10. The molecule has 1 aromatic rings. The average molecular weight is 300 g/mol. The van der Waals surface area contributed by atoms with Crippen LogP contribution in [0.25, 0.3) is 0 Å². The Morgan fingerprint density at radius 2 is 2.00 bits per heavy atom. The second-order valence-corrected chi connectivity index (χ2v) is 4.06. The molecule has 5 heteroatoms. The van der Waals surface area contributed by atoms with Gasteiger partial charge in [0, 0.05) is 11.6 Å². The fourth-order valence-electron chi connectivity index (χ4n) is 1.14. The first-order valence-electron chi connectivity index (χ1n) is 5.17. The first-order chi connectivity index (χ1) is 8.27. The Balaban J connectivity index is 2.28. The standard InChI is InChI=1S/C12H14BrNO3/c1-15-4-5-16-6-7-17-11-3-2-10(9-14)12(13)8-11/h2-3,8H,4-7H2,1H3. The molecule has 0 N–H and O–H groups in total. The van der Waals surface area contributed by atoms with E-state index in [1.165, 1.54) is 0 Å². The third-order valence-electron chi connectivity index (χ3n) is 1.99. The molecule has 0 saturated carbocycles. The summed E-state index contributed by atoms with van der Waals surface area (Å²) in [5.41, 5.74) is 0.591. The molecule has 17 heavy (non-hydrogen) atoms. The van der Waals surface area contributed by atoms with Crippen molar-refractivity contribution < 1.29 is 14.2 Å². The maximum Gasteiger partial charge on any atom is 0.120 e. The van der Waals surface area contributed by atoms with Crippen LogP contribution >= 0.6 is 15.9 Å². The number of rotatable bonds is 7. The molecule has 0 spiro atoms. The number of nitrogens with zero attached hydrogens (tertiary/aromatic N) is 1. The molecule has 0 atom stereocenters. The van der Waals surface area contributed by atoms with E-state index in [4.69, 9.17) is 19.5 Å². The third-order valence-corrected chi connectivity index (χ3v) is 2.65. The maximum atomic E-state index is 8.75. The number of ether oxygens (including phenoxy) is 3. The Bertz CT molecular complexity index is 390. The molecule has 0 aliphatic heterocycles. The van der Waals surface area contributed by atoms with E-state index >= 15 is 0 Å². The van der Waals surface area contributed by atoms with E-state index in [1.54, 1.807) is 25.3 Å². The molecule has 0 aliphatic rings. The van der Waals surface area contributed by atoms with E-state index in [2.05, 4.69) is 22.0 Å². The highest BCUT2D eigenvalue weighted by Gasteiger charge is 2.01. The van der Waals surface area contributed by atoms with Gasteiger partial charge < -0.3 is 14.2 Å². The number of benzene rings is 1. The van der Waals surface area contributed by atoms with E-state index in [0.717, 1.165) is 4.47 Å². The van der Waals surface area contributed by atoms with Crippen LogP contribution in [0, 0.1) is 11.3 Å². The summed E-state index contributed by atoms with van der Waals surface area (Å²) in [7, 11) is 1.63. The van der Waals surface area contributed by atoms with Crippen LogP contribution in [0.2, 0.25) is 0 Å². The topological polar surface area (TPSA) is 51.5 Å². The van der Waals surface area contributed by atoms with Gasteiger partial charge in [-0.1, -0.05) is 0 Å². The Hall–Kier alpha value is -1.09. The van der Waals surface area contributed by atoms with Crippen LogP contribution in [0.4, 0.5) is 0 Å². The second-order valence-electron chi connectivity index (χ2n) is 3.21. The fourth-order valence-corrected chi connectivity index (χ4v) is 1.59. The predicted molar refractivity (Wildman–Crippen MR) is 67.0 cm³/mol. The highest BCUT2D eigenvalue weighted by Crippen LogP contribution is 2.22. The molecule has 0 fully saturated rings. The average Bonchev–Trinajstić information content (AvgIpc) is 2.34. The number of hydrogen-bond acceptors (Lipinski definition) is 4. The Morgan fingerprint density at radius 1 is 1.24 bits per heavy atom. The van der Waals surface area contributed by atoms with Crippen molar-refractivity contribution in [2.24, 2.45) is 0 Å². The second kappa shape index (κ2) is 8.07. The summed E-state index contributed by atoms with van der Waals surface area (Å²) in [4.78, 5) is 0. The molecule has 0 amide bonds. The summed E-state index contributed by atoms with van der Waals surface area (Å²) in [5.74, 6) is 0.714. The summed E-state index contributed by atoms with van der Waals surface area (Å²) in [5, 5.41) is 8.75. The van der Waals surface area contributed by atoms with Crippen molar-refractivity contribution >= 4 is 15.9 Å². The van der Waals surface area contributed by atoms with Crippen molar-refractivity contribution in [1.29, 1.82) is 5.26 Å². The van der Waals surface area contributed by atoms with Gasteiger partial charge in [-0.05, 0) is 34.1 Å². The summed E-state index contributed by atoms with van der Waals surface area (Å²) in [6, 6.07) is 7.32. The zero-order valence-corrected chi connectivity index (χ0v) is 11.2. The molecule has 0 unspecified atom stereocenters. The normalized spacial score (nSPS) is 9.94. The van der Waals surface area contributed by atoms with Gasteiger partial charge in [0.25, 0.3) is 0 Å². The van der Waals surface area contributed by atoms with Crippen LogP contribution in [0.1, 0.15) is 5.56 Å². The minimum Gasteiger partial charge on any atom is -0.491 e. The quantitative estimate of drug-likeness (QED) is 0.725. The number of hydrogen-bond donors (Lipinski definition) is 0. The van der Waals surface area contributed by atoms with Crippen LogP contribution in [0.15, 0.2) is 22.7 Å². The fraction of sp³-hybridized carbons (Fsp3) is 0.417. The third kappa shape index (κ3) is 5.18. The zero-order valence-electron chi connectivity index (χ0n) is 9.61. The lowest BCUT2D eigenvalue weighted by Gasteiger charge is -2.07. The van der Waals surface area contributed by atoms with Gasteiger partial charge in [-0.15, -0.1) is 0 Å². The minimum atomic E-state index is 0.474. The molecule has 0 aliphatic carbocycles. The van der Waals surface area contributed by atoms with Gasteiger partial charge in [-0.25, -0.2) is 0 Å². The number of nitriles is 1. The lowest BCUT2D eigenvalue weighted by molar-refractivity contribution is 0.0544. The van der Waals surface area contributed by atoms with Crippen molar-refractivity contribution in [1.82, 2.24) is 0 Å². The summed E-state index contributed by atoms with van der Waals surface area (Å²) < 4.78 is 16.3. The lowest BCUT2D eigenvalue weighted by atomic mass is 10.2. The van der Waals surface area contributed by atoms with E-state index < -0.39 is 0 Å². The zero-order chi connectivity index (χ0) is 12.5. The molecule has 92 valence electrons. The van der Waals surface area contributed by atoms with Crippen LogP contribution in [-0.2, 0) is 9.47 Å². The summed E-state index contributed by atoms with van der Waals surface area (Å²) in [6.45, 7) is 2.14. The van der Waals surface area contributed by atoms with E-state index in [1.807, 2.05) is 0 Å². The molecule has 1 aromatic carbocycles. The van der Waals surface area contributed by atoms with Gasteiger partial charge >= 0.3 is 0 Å². The van der Waals surface area contributed by atoms with Gasteiger partial charge in [-0.3, -0.25) is 0 Å². The molecular weight excluding hydrogens is 286 g/mol. The van der Waals surface area contributed by atoms with Crippen molar-refractivity contribution in [3.63, 3.8) is 0 Å². The van der Waals surface area contributed by atoms with Crippen LogP contribution in [0.5, 0.6) is 5.75 Å². The van der Waals surface area contributed by atoms with Crippen LogP contribution < -0.4 is 4.74 Å². The minimum absolute atomic E-state index is 0.474. The molecule has 0 heterocycles. The van der Waals surface area contributed by atoms with Gasteiger partial charge in [-0.2, -0.15) is 5.26 Å². The highest BCUT2D eigenvalue weighted by atomic mass is 79.9. The van der Waals surface area contributed by atoms with Gasteiger partial charge in [0.05, 0.1) is 25.4 Å². The maximum absolute atomic E-state index is 8.75. The monoisotopic (exact) mass is 299 g/mol. The van der Waals surface area contributed by atoms with Crippen molar-refractivity contribution in [3.05, 3.63) is 28.2 Å². The molecule has 1 rings (SSSR count). The Kier molecular flexibility index (Phi) is 6.63. The SMILES string of the molecule is COCCOCCOc1ccc(C#N)c(Br)c1. The molecule has 0 radical (unpaired) electrons. The molecule has 0 aromatic heterocycles. The summed E-state index contributed by atoms with van der Waals surface area (Å²) in [6.07, 6.45) is 0. The van der Waals surface area contributed by atoms with Gasteiger partial charge in [0.15, 0.2) is 0 Å². The van der Waals surface area contributed by atoms with E-state index in [0.29, 0.717) is 37.7 Å². The largest absolute Gasteiger partial charge is 0.491 e. The van der Waals surface area contributed by atoms with Crippen LogP contribution in [-0.4, -0.2) is 33.5 Å². The molecular formula is C12H14BrNO3. The molecule has 0 bridgehead atoms. The number of methoxy groups -OCH3 is 1. The van der Waals surface area contributed by atoms with E-state index in [9.17, 15) is 0 Å². The first kappa shape index (κ1) is 14.0. The van der Waals surface area contributed by atoms with E-state index in [-0.39, 0.29) is 0 Å². The van der Waals surface area contributed by atoms with Crippen LogP contribution in [0.3, 0.4) is 0 Å². The van der Waals surface area contributed by atoms with Gasteiger partial charge in [0.1, 0.15) is 18.4 Å². The first-order valence-corrected chi connectivity index (χ1v) is 5.96.